The molecule has 1 aromatic carbocycles. The van der Waals surface area contributed by atoms with Crippen LogP contribution in [0.25, 0.3) is 0 Å². The van der Waals surface area contributed by atoms with Gasteiger partial charge in [-0.15, -0.1) is 11.3 Å². The average molecular weight is 404 g/mol. The van der Waals surface area contributed by atoms with Crippen molar-refractivity contribution >= 4 is 23.3 Å². The van der Waals surface area contributed by atoms with Crippen molar-refractivity contribution in [1.29, 1.82) is 0 Å². The van der Waals surface area contributed by atoms with E-state index >= 15 is 0 Å². The Morgan fingerprint density at radius 1 is 1.32 bits per heavy atom. The van der Waals surface area contributed by atoms with E-state index < -0.39 is 23.6 Å². The molecule has 0 unspecified atom stereocenters. The van der Waals surface area contributed by atoms with Gasteiger partial charge in [0.25, 0.3) is 5.91 Å². The average Bonchev–Trinajstić information content (AvgIpc) is 3.39. The Morgan fingerprint density at radius 3 is 2.93 bits per heavy atom. The monoisotopic (exact) mass is 404 g/mol. The number of ether oxygens (including phenoxy) is 3. The number of benzene rings is 1. The van der Waals surface area contributed by atoms with Gasteiger partial charge in [0.1, 0.15) is 5.54 Å². The number of carbonyl (C=O) groups is 2. The maximum absolute atomic E-state index is 13.0. The van der Waals surface area contributed by atoms with E-state index in [4.69, 9.17) is 14.2 Å². The van der Waals surface area contributed by atoms with Crippen LogP contribution in [0, 0.1) is 0 Å². The van der Waals surface area contributed by atoms with Crippen LogP contribution in [-0.4, -0.2) is 48.0 Å². The summed E-state index contributed by atoms with van der Waals surface area (Å²) < 4.78 is 16.1. The minimum absolute atomic E-state index is 0.0235. The first-order valence-electron chi connectivity index (χ1n) is 8.80. The van der Waals surface area contributed by atoms with Crippen LogP contribution in [0.4, 0.5) is 4.79 Å². The molecule has 9 heteroatoms. The Labute approximate surface area is 165 Å². The van der Waals surface area contributed by atoms with E-state index in [-0.39, 0.29) is 19.9 Å². The highest BCUT2D eigenvalue weighted by molar-refractivity contribution is 7.09. The fourth-order valence-electron chi connectivity index (χ4n) is 3.22. The number of thiophene rings is 1. The number of hydrogen-bond acceptors (Lipinski definition) is 7. The largest absolute Gasteiger partial charge is 0.454 e. The van der Waals surface area contributed by atoms with Crippen molar-refractivity contribution in [3.8, 4) is 11.5 Å². The Kier molecular flexibility index (Phi) is 4.96. The summed E-state index contributed by atoms with van der Waals surface area (Å²) in [6.45, 7) is 2.01. The van der Waals surface area contributed by atoms with E-state index in [1.807, 2.05) is 17.5 Å². The third kappa shape index (κ3) is 3.44. The molecule has 0 spiro atoms. The molecule has 28 heavy (non-hydrogen) atoms. The molecule has 0 bridgehead atoms. The molecule has 2 aromatic rings. The van der Waals surface area contributed by atoms with E-state index in [0.29, 0.717) is 23.7 Å². The second-order valence-corrected chi connectivity index (χ2v) is 7.82. The number of urea groups is 1. The number of aliphatic hydroxyl groups excluding tert-OH is 1. The van der Waals surface area contributed by atoms with Gasteiger partial charge in [0.2, 0.25) is 6.79 Å². The Balaban J connectivity index is 1.40. The van der Waals surface area contributed by atoms with Gasteiger partial charge in [-0.25, -0.2) is 4.79 Å². The number of β-amino-alcohol motifs (C(OH)–C–C–N with tert-alkyl or cyclic N) is 1. The zero-order valence-electron chi connectivity index (χ0n) is 15.2. The highest BCUT2D eigenvalue weighted by Gasteiger charge is 2.49. The van der Waals surface area contributed by atoms with E-state index in [1.54, 1.807) is 36.5 Å². The molecule has 8 nitrogen and oxygen atoms in total. The lowest BCUT2D eigenvalue weighted by Gasteiger charge is -2.23. The Hall–Kier alpha value is -2.62. The van der Waals surface area contributed by atoms with Gasteiger partial charge in [0.15, 0.2) is 11.5 Å². The summed E-state index contributed by atoms with van der Waals surface area (Å²) in [5, 5.41) is 14.9. The van der Waals surface area contributed by atoms with Crippen molar-refractivity contribution in [2.24, 2.45) is 0 Å². The molecule has 3 amide bonds. The molecule has 148 valence electrons. The van der Waals surface area contributed by atoms with E-state index in [1.165, 1.54) is 0 Å². The van der Waals surface area contributed by atoms with Crippen molar-refractivity contribution < 1.29 is 28.9 Å². The number of amides is 3. The first-order valence-corrected chi connectivity index (χ1v) is 9.68. The van der Waals surface area contributed by atoms with Gasteiger partial charge in [0.05, 0.1) is 25.9 Å². The van der Waals surface area contributed by atoms with Gasteiger partial charge in [-0.3, -0.25) is 9.69 Å². The lowest BCUT2D eigenvalue weighted by Crippen LogP contribution is -2.42. The van der Waals surface area contributed by atoms with Crippen LogP contribution >= 0.6 is 11.3 Å². The van der Waals surface area contributed by atoms with Crippen LogP contribution < -0.4 is 14.8 Å². The van der Waals surface area contributed by atoms with Crippen molar-refractivity contribution in [2.45, 2.75) is 25.2 Å². The molecule has 0 saturated carbocycles. The minimum atomic E-state index is -1.24. The summed E-state index contributed by atoms with van der Waals surface area (Å²) in [4.78, 5) is 27.4. The Bertz CT molecular complexity index is 887. The summed E-state index contributed by atoms with van der Waals surface area (Å²) in [6, 6.07) is 8.41. The molecule has 2 N–H and O–H groups in total. The molecule has 1 aromatic heterocycles. The zero-order chi connectivity index (χ0) is 19.7. The van der Waals surface area contributed by atoms with Gasteiger partial charge in [-0.2, -0.15) is 0 Å². The molecule has 2 aliphatic heterocycles. The highest BCUT2D eigenvalue weighted by atomic mass is 32.1. The Morgan fingerprint density at radius 2 is 2.14 bits per heavy atom. The van der Waals surface area contributed by atoms with Gasteiger partial charge in [-0.05, 0) is 36.1 Å². The smallest absolute Gasteiger partial charge is 0.325 e. The van der Waals surface area contributed by atoms with Crippen molar-refractivity contribution in [2.75, 3.05) is 19.9 Å². The molecule has 3 heterocycles. The summed E-state index contributed by atoms with van der Waals surface area (Å²) in [5.74, 6) is 0.689. The molecule has 0 aliphatic carbocycles. The highest BCUT2D eigenvalue weighted by Crippen LogP contribution is 2.37. The topological polar surface area (TPSA) is 97.3 Å². The number of hydrogen-bond donors (Lipinski definition) is 2. The number of fused-ring (bicyclic) bond motifs is 1. The SMILES string of the molecule is C[C@@]1(c2ccc3c(c2)OCO3)NC(=O)N(C[C@H](O)COCc2cccs2)C1=O. The van der Waals surface area contributed by atoms with Crippen LogP contribution in [0.5, 0.6) is 11.5 Å². The molecule has 2 atom stereocenters. The maximum atomic E-state index is 13.0. The van der Waals surface area contributed by atoms with E-state index in [0.717, 1.165) is 9.78 Å². The summed E-state index contributed by atoms with van der Waals surface area (Å²) in [5.41, 5.74) is -0.656. The predicted molar refractivity (Wildman–Crippen MR) is 100 cm³/mol. The third-order valence-electron chi connectivity index (χ3n) is 4.75. The fourth-order valence-corrected chi connectivity index (χ4v) is 3.86. The van der Waals surface area contributed by atoms with Crippen molar-refractivity contribution in [3.63, 3.8) is 0 Å². The van der Waals surface area contributed by atoms with Gasteiger partial charge < -0.3 is 24.6 Å². The second-order valence-electron chi connectivity index (χ2n) is 6.79. The first-order chi connectivity index (χ1) is 13.5. The standard InChI is InChI=1S/C19H20N2O6S/c1-19(12-4-5-15-16(7-12)27-11-26-15)17(23)21(18(24)20-19)8-13(22)9-25-10-14-3-2-6-28-14/h2-7,13,22H,8-11H2,1H3,(H,20,24)/t13-,19-/m0/s1. The van der Waals surface area contributed by atoms with Crippen LogP contribution in [0.2, 0.25) is 0 Å². The molecular weight excluding hydrogens is 384 g/mol. The first kappa shape index (κ1) is 18.7. The predicted octanol–water partition coefficient (Wildman–Crippen LogP) is 1.82. The van der Waals surface area contributed by atoms with Gasteiger partial charge in [-0.1, -0.05) is 12.1 Å². The van der Waals surface area contributed by atoms with Gasteiger partial charge >= 0.3 is 6.03 Å². The molecular formula is C19H20N2O6S. The summed E-state index contributed by atoms with van der Waals surface area (Å²) in [7, 11) is 0. The van der Waals surface area contributed by atoms with Gasteiger partial charge in [0, 0.05) is 4.88 Å². The normalized spacial score (nSPS) is 21.9. The molecule has 2 aliphatic rings. The maximum Gasteiger partial charge on any atom is 0.325 e. The molecule has 1 saturated heterocycles. The summed E-state index contributed by atoms with van der Waals surface area (Å²) >= 11 is 1.56. The lowest BCUT2D eigenvalue weighted by molar-refractivity contribution is -0.132. The van der Waals surface area contributed by atoms with Crippen molar-refractivity contribution in [3.05, 3.63) is 46.2 Å². The zero-order valence-corrected chi connectivity index (χ0v) is 16.0. The molecule has 1 fully saturated rings. The molecule has 0 radical (unpaired) electrons. The lowest BCUT2D eigenvalue weighted by atomic mass is 9.91. The van der Waals surface area contributed by atoms with Crippen LogP contribution in [0.3, 0.4) is 0 Å². The minimum Gasteiger partial charge on any atom is -0.454 e. The van der Waals surface area contributed by atoms with Crippen LogP contribution in [-0.2, 0) is 21.7 Å². The number of aliphatic hydroxyl groups is 1. The summed E-state index contributed by atoms with van der Waals surface area (Å²) in [6.07, 6.45) is -0.978. The van der Waals surface area contributed by atoms with Crippen LogP contribution in [0.1, 0.15) is 17.4 Å². The quantitative estimate of drug-likeness (QED) is 0.684. The molecule has 4 rings (SSSR count). The van der Waals surface area contributed by atoms with E-state index in [9.17, 15) is 14.7 Å². The number of nitrogens with zero attached hydrogens (tertiary/aromatic N) is 1. The number of imide groups is 1. The van der Waals surface area contributed by atoms with Crippen molar-refractivity contribution in [1.82, 2.24) is 10.2 Å². The number of nitrogens with one attached hydrogen (secondary N) is 1. The van der Waals surface area contributed by atoms with E-state index in [2.05, 4.69) is 5.32 Å². The van der Waals surface area contributed by atoms with Crippen LogP contribution in [0.15, 0.2) is 35.7 Å². The third-order valence-corrected chi connectivity index (χ3v) is 5.60. The fraction of sp³-hybridized carbons (Fsp3) is 0.368. The number of carbonyl (C=O) groups excluding carboxylic acids is 2. The number of rotatable bonds is 7. The second kappa shape index (κ2) is 7.42.